The molecular formula is C18H16F2N2O. The summed E-state index contributed by atoms with van der Waals surface area (Å²) >= 11 is 0. The molecule has 0 spiro atoms. The van der Waals surface area contributed by atoms with Gasteiger partial charge in [0, 0.05) is 29.2 Å². The Kier molecular flexibility index (Phi) is 4.10. The van der Waals surface area contributed by atoms with Crippen molar-refractivity contribution in [1.82, 2.24) is 10.3 Å². The summed E-state index contributed by atoms with van der Waals surface area (Å²) in [4.78, 5) is 15.1. The Morgan fingerprint density at radius 3 is 2.74 bits per heavy atom. The zero-order valence-corrected chi connectivity index (χ0v) is 12.6. The second kappa shape index (κ2) is 6.20. The third kappa shape index (κ3) is 3.23. The minimum Gasteiger partial charge on any atom is -0.361 e. The van der Waals surface area contributed by atoms with E-state index in [0.717, 1.165) is 28.6 Å². The highest BCUT2D eigenvalue weighted by Crippen LogP contribution is 2.19. The average molecular weight is 314 g/mol. The van der Waals surface area contributed by atoms with E-state index in [4.69, 9.17) is 0 Å². The molecule has 2 N–H and O–H groups in total. The minimum absolute atomic E-state index is 0.110. The van der Waals surface area contributed by atoms with Crippen LogP contribution in [0.25, 0.3) is 10.9 Å². The molecule has 0 aliphatic heterocycles. The van der Waals surface area contributed by atoms with Crippen LogP contribution in [0.5, 0.6) is 0 Å². The van der Waals surface area contributed by atoms with Crippen LogP contribution in [-0.2, 0) is 6.42 Å². The summed E-state index contributed by atoms with van der Waals surface area (Å²) in [7, 11) is 0. The molecule has 0 aliphatic rings. The van der Waals surface area contributed by atoms with Crippen molar-refractivity contribution in [3.8, 4) is 0 Å². The number of aromatic nitrogens is 1. The molecular weight excluding hydrogens is 298 g/mol. The number of H-pyrrole nitrogens is 1. The minimum atomic E-state index is -1.02. The zero-order valence-electron chi connectivity index (χ0n) is 12.6. The van der Waals surface area contributed by atoms with E-state index in [2.05, 4.69) is 16.4 Å². The van der Waals surface area contributed by atoms with Crippen LogP contribution in [0.4, 0.5) is 8.78 Å². The van der Waals surface area contributed by atoms with Gasteiger partial charge in [-0.2, -0.15) is 0 Å². The first-order valence-corrected chi connectivity index (χ1v) is 7.34. The maximum absolute atomic E-state index is 13.1. The second-order valence-corrected chi connectivity index (χ2v) is 5.50. The van der Waals surface area contributed by atoms with Crippen LogP contribution >= 0.6 is 0 Å². The highest BCUT2D eigenvalue weighted by molar-refractivity contribution is 5.94. The Labute approximate surface area is 132 Å². The molecule has 3 rings (SSSR count). The van der Waals surface area contributed by atoms with E-state index >= 15 is 0 Å². The topological polar surface area (TPSA) is 44.9 Å². The Bertz CT molecular complexity index is 871. The number of amides is 1. The number of nitrogens with one attached hydrogen (secondary N) is 2. The van der Waals surface area contributed by atoms with Crippen LogP contribution in [0, 0.1) is 18.6 Å². The predicted octanol–water partition coefficient (Wildman–Crippen LogP) is 3.73. The van der Waals surface area contributed by atoms with Crippen LogP contribution in [0.15, 0.2) is 42.6 Å². The lowest BCUT2D eigenvalue weighted by atomic mass is 10.1. The highest BCUT2D eigenvalue weighted by Gasteiger charge is 2.10. The Morgan fingerprint density at radius 2 is 1.96 bits per heavy atom. The quantitative estimate of drug-likeness (QED) is 0.757. The molecule has 3 aromatic rings. The summed E-state index contributed by atoms with van der Waals surface area (Å²) in [6.45, 7) is 2.44. The molecule has 0 radical (unpaired) electrons. The Hall–Kier alpha value is -2.69. The lowest BCUT2D eigenvalue weighted by Crippen LogP contribution is -2.25. The molecule has 0 fully saturated rings. The van der Waals surface area contributed by atoms with Gasteiger partial charge in [0.05, 0.1) is 0 Å². The number of rotatable bonds is 4. The smallest absolute Gasteiger partial charge is 0.251 e. The maximum Gasteiger partial charge on any atom is 0.251 e. The number of aromatic amines is 1. The number of carbonyl (C=O) groups excluding carboxylic acids is 1. The monoisotopic (exact) mass is 314 g/mol. The van der Waals surface area contributed by atoms with Crippen molar-refractivity contribution in [3.63, 3.8) is 0 Å². The summed E-state index contributed by atoms with van der Waals surface area (Å²) in [5.41, 5.74) is 3.44. The van der Waals surface area contributed by atoms with Gasteiger partial charge in [-0.25, -0.2) is 8.78 Å². The fourth-order valence-electron chi connectivity index (χ4n) is 2.55. The van der Waals surface area contributed by atoms with Gasteiger partial charge >= 0.3 is 0 Å². The van der Waals surface area contributed by atoms with Gasteiger partial charge in [0.15, 0.2) is 11.6 Å². The molecule has 0 saturated carbocycles. The standard InChI is InChI=1S/C18H16F2N2O/c1-11-2-5-17-14(8-11)13(10-22-17)6-7-21-18(23)12-3-4-15(19)16(20)9-12/h2-5,8-10,22H,6-7H2,1H3,(H,21,23). The van der Waals surface area contributed by atoms with Gasteiger partial charge in [0.1, 0.15) is 0 Å². The summed E-state index contributed by atoms with van der Waals surface area (Å²) in [5, 5.41) is 3.85. The molecule has 0 bridgehead atoms. The molecule has 1 amide bonds. The maximum atomic E-state index is 13.1. The van der Waals surface area contributed by atoms with E-state index in [-0.39, 0.29) is 5.56 Å². The lowest BCUT2D eigenvalue weighted by Gasteiger charge is -2.05. The molecule has 0 aliphatic carbocycles. The first kappa shape index (κ1) is 15.2. The van der Waals surface area contributed by atoms with Crippen molar-refractivity contribution in [2.24, 2.45) is 0 Å². The van der Waals surface area contributed by atoms with E-state index in [0.29, 0.717) is 13.0 Å². The normalized spacial score (nSPS) is 10.9. The summed E-state index contributed by atoms with van der Waals surface area (Å²) in [6.07, 6.45) is 2.58. The molecule has 2 aromatic carbocycles. The third-order valence-corrected chi connectivity index (χ3v) is 3.78. The number of hydrogen-bond acceptors (Lipinski definition) is 1. The average Bonchev–Trinajstić information content (AvgIpc) is 2.92. The van der Waals surface area contributed by atoms with E-state index in [9.17, 15) is 13.6 Å². The van der Waals surface area contributed by atoms with Crippen molar-refractivity contribution < 1.29 is 13.6 Å². The first-order chi connectivity index (χ1) is 11.0. The molecule has 3 nitrogen and oxygen atoms in total. The van der Waals surface area contributed by atoms with E-state index < -0.39 is 17.5 Å². The molecule has 0 saturated heterocycles. The van der Waals surface area contributed by atoms with Gasteiger partial charge in [-0.3, -0.25) is 4.79 Å². The number of halogens is 2. The second-order valence-electron chi connectivity index (χ2n) is 5.50. The van der Waals surface area contributed by atoms with Gasteiger partial charge in [0.2, 0.25) is 0 Å². The summed E-state index contributed by atoms with van der Waals surface area (Å²) in [5.74, 6) is -2.40. The number of fused-ring (bicyclic) bond motifs is 1. The molecule has 23 heavy (non-hydrogen) atoms. The Balaban J connectivity index is 1.65. The van der Waals surface area contributed by atoms with E-state index in [1.165, 1.54) is 11.6 Å². The van der Waals surface area contributed by atoms with Crippen molar-refractivity contribution in [2.75, 3.05) is 6.54 Å². The third-order valence-electron chi connectivity index (χ3n) is 3.78. The SMILES string of the molecule is Cc1ccc2[nH]cc(CCNC(=O)c3ccc(F)c(F)c3)c2c1. The fourth-order valence-corrected chi connectivity index (χ4v) is 2.55. The van der Waals surface area contributed by atoms with Gasteiger partial charge in [-0.1, -0.05) is 11.6 Å². The van der Waals surface area contributed by atoms with E-state index in [1.54, 1.807) is 0 Å². The molecule has 0 unspecified atom stereocenters. The molecule has 1 heterocycles. The highest BCUT2D eigenvalue weighted by atomic mass is 19.2. The molecule has 0 atom stereocenters. The molecule has 118 valence electrons. The van der Waals surface area contributed by atoms with Crippen molar-refractivity contribution in [1.29, 1.82) is 0 Å². The van der Waals surface area contributed by atoms with Crippen LogP contribution in [0.2, 0.25) is 0 Å². The van der Waals surface area contributed by atoms with Gasteiger partial charge in [-0.05, 0) is 49.2 Å². The number of carbonyl (C=O) groups is 1. The van der Waals surface area contributed by atoms with Crippen LogP contribution in [0.1, 0.15) is 21.5 Å². The van der Waals surface area contributed by atoms with Crippen LogP contribution < -0.4 is 5.32 Å². The number of hydrogen-bond donors (Lipinski definition) is 2. The van der Waals surface area contributed by atoms with Gasteiger partial charge in [-0.15, -0.1) is 0 Å². The van der Waals surface area contributed by atoms with E-state index in [1.807, 2.05) is 25.3 Å². The zero-order chi connectivity index (χ0) is 16.4. The van der Waals surface area contributed by atoms with Crippen molar-refractivity contribution >= 4 is 16.8 Å². The number of aryl methyl sites for hydroxylation is 1. The predicted molar refractivity (Wildman–Crippen MR) is 85.4 cm³/mol. The van der Waals surface area contributed by atoms with Gasteiger partial charge < -0.3 is 10.3 Å². The first-order valence-electron chi connectivity index (χ1n) is 7.34. The van der Waals surface area contributed by atoms with Crippen LogP contribution in [0.3, 0.4) is 0 Å². The van der Waals surface area contributed by atoms with Crippen molar-refractivity contribution in [2.45, 2.75) is 13.3 Å². The summed E-state index contributed by atoms with van der Waals surface area (Å²) in [6, 6.07) is 9.27. The molecule has 5 heteroatoms. The summed E-state index contributed by atoms with van der Waals surface area (Å²) < 4.78 is 26.0. The largest absolute Gasteiger partial charge is 0.361 e. The van der Waals surface area contributed by atoms with Gasteiger partial charge in [0.25, 0.3) is 5.91 Å². The van der Waals surface area contributed by atoms with Crippen LogP contribution in [-0.4, -0.2) is 17.4 Å². The Morgan fingerprint density at radius 1 is 1.13 bits per heavy atom. The fraction of sp³-hybridized carbons (Fsp3) is 0.167. The number of benzene rings is 2. The molecule has 1 aromatic heterocycles. The lowest BCUT2D eigenvalue weighted by molar-refractivity contribution is 0.0953. The van der Waals surface area contributed by atoms with Crippen molar-refractivity contribution in [3.05, 3.63) is 70.9 Å².